The van der Waals surface area contributed by atoms with Gasteiger partial charge in [-0.2, -0.15) is 22.3 Å². The van der Waals surface area contributed by atoms with E-state index in [9.17, 15) is 17.2 Å². The van der Waals surface area contributed by atoms with Gasteiger partial charge in [0.05, 0.1) is 11.9 Å². The van der Waals surface area contributed by atoms with E-state index >= 15 is 0 Å². The first-order valence-electron chi connectivity index (χ1n) is 5.73. The summed E-state index contributed by atoms with van der Waals surface area (Å²) in [7, 11) is -4.04. The minimum absolute atomic E-state index is 0.0398. The molecule has 0 spiro atoms. The number of para-hydroxylation sites is 2. The topological polar surface area (TPSA) is 110 Å². The lowest BCUT2D eigenvalue weighted by Crippen LogP contribution is -2.17. The first kappa shape index (κ1) is 15.2. The number of halogens is 2. The molecule has 0 radical (unpaired) electrons. The van der Waals surface area contributed by atoms with Crippen molar-refractivity contribution in [3.8, 4) is 5.75 Å². The first-order valence-corrected chi connectivity index (χ1v) is 7.21. The normalized spacial score (nSPS) is 11.6. The lowest BCUT2D eigenvalue weighted by atomic mass is 10.3. The van der Waals surface area contributed by atoms with Crippen molar-refractivity contribution in [1.82, 2.24) is 10.2 Å². The van der Waals surface area contributed by atoms with Gasteiger partial charge in [0.15, 0.2) is 5.03 Å². The van der Waals surface area contributed by atoms with Crippen LogP contribution in [0.4, 0.5) is 14.5 Å². The molecule has 0 saturated carbocycles. The molecule has 0 bridgehead atoms. The Labute approximate surface area is 119 Å². The number of hydrogen-bond acceptors (Lipinski definition) is 5. The fraction of sp³-hybridized carbons (Fsp3) is 0.182. The molecule has 2 rings (SSSR count). The van der Waals surface area contributed by atoms with E-state index in [-0.39, 0.29) is 28.6 Å². The van der Waals surface area contributed by atoms with Crippen LogP contribution in [0.3, 0.4) is 0 Å². The number of anilines is 1. The Morgan fingerprint density at radius 2 is 2.10 bits per heavy atom. The minimum Gasteiger partial charge on any atom is -0.433 e. The molecular weight excluding hydrogens is 306 g/mol. The maximum Gasteiger partial charge on any atom is 0.387 e. The zero-order chi connectivity index (χ0) is 15.5. The smallest absolute Gasteiger partial charge is 0.387 e. The van der Waals surface area contributed by atoms with Crippen molar-refractivity contribution in [2.24, 2.45) is 5.73 Å². The van der Waals surface area contributed by atoms with Crippen LogP contribution in [0.5, 0.6) is 5.75 Å². The summed E-state index contributed by atoms with van der Waals surface area (Å²) in [6, 6.07) is 5.44. The summed E-state index contributed by atoms with van der Waals surface area (Å²) >= 11 is 0. The molecular formula is C11H12F2N4O3S. The van der Waals surface area contributed by atoms with Crippen LogP contribution >= 0.6 is 0 Å². The van der Waals surface area contributed by atoms with Crippen molar-refractivity contribution in [2.75, 3.05) is 4.72 Å². The van der Waals surface area contributed by atoms with Crippen LogP contribution in [-0.2, 0) is 16.6 Å². The van der Waals surface area contributed by atoms with Gasteiger partial charge in [-0.25, -0.2) is 0 Å². The van der Waals surface area contributed by atoms with Crippen molar-refractivity contribution >= 4 is 15.7 Å². The number of nitrogens with one attached hydrogen (secondary N) is 2. The van der Waals surface area contributed by atoms with E-state index < -0.39 is 16.6 Å². The highest BCUT2D eigenvalue weighted by Crippen LogP contribution is 2.28. The standard InChI is InChI=1S/C11H12F2N4O3S/c12-11(13)20-9-4-2-1-3-8(9)17-21(18,19)10-7(5-14)6-15-16-10/h1-4,6,11,17H,5,14H2,(H,15,16). The van der Waals surface area contributed by atoms with Gasteiger partial charge in [0.2, 0.25) is 0 Å². The second-order valence-electron chi connectivity index (χ2n) is 3.91. The zero-order valence-corrected chi connectivity index (χ0v) is 11.4. The number of rotatable bonds is 6. The van der Waals surface area contributed by atoms with E-state index in [4.69, 9.17) is 5.73 Å². The molecule has 0 amide bonds. The van der Waals surface area contributed by atoms with Crippen LogP contribution in [0.1, 0.15) is 5.56 Å². The average molecular weight is 318 g/mol. The van der Waals surface area contributed by atoms with Crippen molar-refractivity contribution in [2.45, 2.75) is 18.2 Å². The molecule has 7 nitrogen and oxygen atoms in total. The van der Waals surface area contributed by atoms with Crippen LogP contribution in [0.2, 0.25) is 0 Å². The van der Waals surface area contributed by atoms with Gasteiger partial charge in [0.1, 0.15) is 5.75 Å². The number of alkyl halides is 2. The summed E-state index contributed by atoms with van der Waals surface area (Å²) < 4.78 is 55.4. The lowest BCUT2D eigenvalue weighted by molar-refractivity contribution is -0.0493. The van der Waals surface area contributed by atoms with Crippen LogP contribution in [-0.4, -0.2) is 25.2 Å². The predicted molar refractivity (Wildman–Crippen MR) is 70.4 cm³/mol. The zero-order valence-electron chi connectivity index (χ0n) is 10.6. The van der Waals surface area contributed by atoms with Crippen molar-refractivity contribution in [3.05, 3.63) is 36.0 Å². The summed E-state index contributed by atoms with van der Waals surface area (Å²) in [6.07, 6.45) is 1.27. The van der Waals surface area contributed by atoms with Crippen molar-refractivity contribution in [1.29, 1.82) is 0 Å². The molecule has 0 aliphatic rings. The molecule has 114 valence electrons. The van der Waals surface area contributed by atoms with Crippen LogP contribution in [0.15, 0.2) is 35.5 Å². The third kappa shape index (κ3) is 3.47. The number of hydrogen-bond donors (Lipinski definition) is 3. The fourth-order valence-electron chi connectivity index (χ4n) is 1.62. The molecule has 0 aliphatic heterocycles. The fourth-order valence-corrected chi connectivity index (χ4v) is 2.84. The summed E-state index contributed by atoms with van der Waals surface area (Å²) in [5.74, 6) is -0.287. The lowest BCUT2D eigenvalue weighted by Gasteiger charge is -2.12. The van der Waals surface area contributed by atoms with Gasteiger partial charge in [0.25, 0.3) is 10.0 Å². The predicted octanol–water partition coefficient (Wildman–Crippen LogP) is 1.27. The van der Waals surface area contributed by atoms with E-state index in [1.807, 2.05) is 0 Å². The number of nitrogens with zero attached hydrogens (tertiary/aromatic N) is 1. The highest BCUT2D eigenvalue weighted by Gasteiger charge is 2.22. The van der Waals surface area contributed by atoms with E-state index in [0.29, 0.717) is 0 Å². The van der Waals surface area contributed by atoms with E-state index in [2.05, 4.69) is 19.7 Å². The molecule has 2 aromatic rings. The van der Waals surface area contributed by atoms with Crippen LogP contribution in [0.25, 0.3) is 0 Å². The molecule has 0 atom stereocenters. The van der Waals surface area contributed by atoms with Crippen molar-refractivity contribution < 1.29 is 21.9 Å². The van der Waals surface area contributed by atoms with Gasteiger partial charge in [-0.1, -0.05) is 12.1 Å². The largest absolute Gasteiger partial charge is 0.433 e. The summed E-state index contributed by atoms with van der Waals surface area (Å²) in [6.45, 7) is -3.11. The number of H-pyrrole nitrogens is 1. The van der Waals surface area contributed by atoms with Gasteiger partial charge < -0.3 is 10.5 Å². The average Bonchev–Trinajstić information content (AvgIpc) is 2.89. The number of benzene rings is 1. The van der Waals surface area contributed by atoms with Crippen LogP contribution in [0, 0.1) is 0 Å². The number of aromatic nitrogens is 2. The summed E-state index contributed by atoms with van der Waals surface area (Å²) in [5.41, 5.74) is 5.56. The van der Waals surface area contributed by atoms with Gasteiger partial charge in [-0.05, 0) is 12.1 Å². The molecule has 1 heterocycles. The highest BCUT2D eigenvalue weighted by molar-refractivity contribution is 7.92. The molecule has 0 aliphatic carbocycles. The molecule has 0 unspecified atom stereocenters. The van der Waals surface area contributed by atoms with Gasteiger partial charge in [-0.15, -0.1) is 0 Å². The number of sulfonamides is 1. The van der Waals surface area contributed by atoms with Gasteiger partial charge in [-0.3, -0.25) is 9.82 Å². The molecule has 4 N–H and O–H groups in total. The quantitative estimate of drug-likeness (QED) is 0.743. The van der Waals surface area contributed by atoms with E-state index in [1.165, 1.54) is 30.5 Å². The Hall–Kier alpha value is -2.20. The molecule has 1 aromatic carbocycles. The monoisotopic (exact) mass is 318 g/mol. The van der Waals surface area contributed by atoms with E-state index in [1.54, 1.807) is 0 Å². The molecule has 10 heteroatoms. The Kier molecular flexibility index (Phi) is 4.38. The van der Waals surface area contributed by atoms with Gasteiger partial charge >= 0.3 is 6.61 Å². The second kappa shape index (κ2) is 6.06. The molecule has 0 fully saturated rings. The molecule has 0 saturated heterocycles. The van der Waals surface area contributed by atoms with Gasteiger partial charge in [0, 0.05) is 12.1 Å². The summed E-state index contributed by atoms with van der Waals surface area (Å²) in [4.78, 5) is 0. The first-order chi connectivity index (χ1) is 9.94. The summed E-state index contributed by atoms with van der Waals surface area (Å²) in [5, 5.41) is 5.68. The Morgan fingerprint density at radius 1 is 1.38 bits per heavy atom. The number of ether oxygens (including phenoxy) is 1. The highest BCUT2D eigenvalue weighted by atomic mass is 32.2. The Bertz CT molecular complexity index is 718. The second-order valence-corrected chi connectivity index (χ2v) is 5.53. The van der Waals surface area contributed by atoms with E-state index in [0.717, 1.165) is 0 Å². The minimum atomic E-state index is -4.04. The molecule has 21 heavy (non-hydrogen) atoms. The van der Waals surface area contributed by atoms with Crippen LogP contribution < -0.4 is 15.2 Å². The molecule has 1 aromatic heterocycles. The Balaban J connectivity index is 2.33. The maximum absolute atomic E-state index is 12.3. The number of aromatic amines is 1. The maximum atomic E-state index is 12.3. The SMILES string of the molecule is NCc1cn[nH]c1S(=O)(=O)Nc1ccccc1OC(F)F. The Morgan fingerprint density at radius 3 is 2.76 bits per heavy atom. The third-order valence-electron chi connectivity index (χ3n) is 2.51. The number of nitrogens with two attached hydrogens (primary N) is 1. The van der Waals surface area contributed by atoms with Crippen molar-refractivity contribution in [3.63, 3.8) is 0 Å². The third-order valence-corrected chi connectivity index (χ3v) is 3.89.